The number of nitrogens with zero attached hydrogens (tertiary/aromatic N) is 2. The molecular weight excluding hydrogens is 332 g/mol. The van der Waals surface area contributed by atoms with Crippen molar-refractivity contribution in [2.45, 2.75) is 39.3 Å². The monoisotopic (exact) mass is 346 g/mol. The molecule has 0 fully saturated rings. The number of carbonyl (C=O) groups excluding carboxylic acids is 1. The molecule has 0 radical (unpaired) electrons. The number of ether oxygens (including phenoxy) is 1. The van der Waals surface area contributed by atoms with Crippen LogP contribution in [0.5, 0.6) is 0 Å². The van der Waals surface area contributed by atoms with Crippen molar-refractivity contribution in [1.82, 2.24) is 4.57 Å². The third-order valence-corrected chi connectivity index (χ3v) is 2.77. The molecule has 0 bridgehead atoms. The fourth-order valence-electron chi connectivity index (χ4n) is 1.45. The van der Waals surface area contributed by atoms with Gasteiger partial charge in [0.25, 0.3) is 5.43 Å². The lowest BCUT2D eigenvalue weighted by atomic mass is 10.2. The molecule has 1 rings (SSSR count). The normalized spacial score (nSPS) is 11.2. The van der Waals surface area contributed by atoms with Gasteiger partial charge in [0.05, 0.1) is 22.0 Å². The number of hydrogen-bond donors (Lipinski definition) is 0. The molecule has 0 saturated carbocycles. The van der Waals surface area contributed by atoms with Gasteiger partial charge in [-0.2, -0.15) is 0 Å². The number of esters is 1. The molecule has 0 atom stereocenters. The minimum atomic E-state index is -0.753. The van der Waals surface area contributed by atoms with Gasteiger partial charge in [0, 0.05) is 12.7 Å². The number of carbonyl (C=O) groups is 1. The van der Waals surface area contributed by atoms with E-state index in [1.54, 1.807) is 20.8 Å². The van der Waals surface area contributed by atoms with Crippen molar-refractivity contribution in [3.8, 4) is 0 Å². The first-order chi connectivity index (χ1) is 9.10. The van der Waals surface area contributed by atoms with Gasteiger partial charge in [0.2, 0.25) is 0 Å². The first-order valence-electron chi connectivity index (χ1n) is 5.86. The van der Waals surface area contributed by atoms with Gasteiger partial charge in [-0.3, -0.25) is 19.7 Å². The maximum atomic E-state index is 11.6. The minimum absolute atomic E-state index is 0.0593. The molecule has 20 heavy (non-hydrogen) atoms. The second-order valence-corrected chi connectivity index (χ2v) is 6.01. The average molecular weight is 347 g/mol. The topological polar surface area (TPSA) is 91.4 Å². The van der Waals surface area contributed by atoms with Gasteiger partial charge in [-0.1, -0.05) is 0 Å². The first kappa shape index (κ1) is 16.4. The van der Waals surface area contributed by atoms with Crippen LogP contribution in [0.1, 0.15) is 27.2 Å². The van der Waals surface area contributed by atoms with Crippen molar-refractivity contribution >= 4 is 27.6 Å². The summed E-state index contributed by atoms with van der Waals surface area (Å²) in [5.74, 6) is -0.407. The quantitative estimate of drug-likeness (QED) is 0.473. The number of halogens is 1. The highest BCUT2D eigenvalue weighted by Gasteiger charge is 2.18. The Balaban J connectivity index is 2.82. The number of nitro groups is 1. The second kappa shape index (κ2) is 6.17. The Labute approximate surface area is 123 Å². The van der Waals surface area contributed by atoms with Gasteiger partial charge in [-0.05, 0) is 36.7 Å². The zero-order chi connectivity index (χ0) is 15.5. The van der Waals surface area contributed by atoms with Gasteiger partial charge < -0.3 is 9.30 Å². The van der Waals surface area contributed by atoms with Crippen LogP contribution in [0.3, 0.4) is 0 Å². The summed E-state index contributed by atoms with van der Waals surface area (Å²) in [7, 11) is 0. The Morgan fingerprint density at radius 3 is 2.55 bits per heavy atom. The molecule has 0 aliphatic heterocycles. The molecule has 0 N–H and O–H groups in total. The third-order valence-electron chi connectivity index (χ3n) is 2.21. The van der Waals surface area contributed by atoms with Crippen molar-refractivity contribution in [2.75, 3.05) is 0 Å². The third kappa shape index (κ3) is 4.76. The van der Waals surface area contributed by atoms with Crippen LogP contribution >= 0.6 is 15.9 Å². The summed E-state index contributed by atoms with van der Waals surface area (Å²) in [6, 6.07) is 0. The van der Waals surface area contributed by atoms with Crippen LogP contribution in [0.25, 0.3) is 0 Å². The van der Waals surface area contributed by atoms with Crippen molar-refractivity contribution in [1.29, 1.82) is 0 Å². The number of aromatic nitrogens is 1. The highest BCUT2D eigenvalue weighted by atomic mass is 79.9. The molecule has 0 amide bonds. The lowest BCUT2D eigenvalue weighted by Gasteiger charge is -2.19. The highest BCUT2D eigenvalue weighted by Crippen LogP contribution is 2.12. The molecule has 1 aromatic rings. The average Bonchev–Trinajstić information content (AvgIpc) is 2.27. The predicted molar refractivity (Wildman–Crippen MR) is 75.5 cm³/mol. The molecule has 0 aromatic carbocycles. The molecule has 0 spiro atoms. The summed E-state index contributed by atoms with van der Waals surface area (Å²) in [5, 5.41) is 10.7. The Hall–Kier alpha value is -1.70. The molecule has 8 heteroatoms. The molecule has 7 nitrogen and oxygen atoms in total. The van der Waals surface area contributed by atoms with E-state index in [2.05, 4.69) is 15.9 Å². The van der Waals surface area contributed by atoms with Crippen LogP contribution in [-0.4, -0.2) is 21.1 Å². The summed E-state index contributed by atoms with van der Waals surface area (Å²) in [5.41, 5.74) is -1.81. The molecule has 0 aliphatic carbocycles. The summed E-state index contributed by atoms with van der Waals surface area (Å²) in [4.78, 5) is 33.0. The number of pyridine rings is 1. The van der Waals surface area contributed by atoms with Gasteiger partial charge in [-0.15, -0.1) is 0 Å². The van der Waals surface area contributed by atoms with Gasteiger partial charge in [0.1, 0.15) is 5.60 Å². The summed E-state index contributed by atoms with van der Waals surface area (Å²) >= 11 is 2.97. The van der Waals surface area contributed by atoms with Crippen LogP contribution in [0.4, 0.5) is 5.69 Å². The van der Waals surface area contributed by atoms with Crippen LogP contribution < -0.4 is 5.43 Å². The van der Waals surface area contributed by atoms with E-state index in [1.807, 2.05) is 0 Å². The maximum Gasteiger partial charge on any atom is 0.333 e. The first-order valence-corrected chi connectivity index (χ1v) is 6.65. The van der Waals surface area contributed by atoms with Crippen molar-refractivity contribution < 1.29 is 14.5 Å². The molecular formula is C12H15BrN2O5. The lowest BCUT2D eigenvalue weighted by Crippen LogP contribution is -2.24. The highest BCUT2D eigenvalue weighted by molar-refractivity contribution is 9.10. The van der Waals surface area contributed by atoms with E-state index >= 15 is 0 Å². The van der Waals surface area contributed by atoms with E-state index in [4.69, 9.17) is 4.74 Å². The van der Waals surface area contributed by atoms with E-state index < -0.39 is 27.6 Å². The SMILES string of the molecule is CC(C)(C)OC(=O)CCn1cc(Br)c(=O)c([N+](=O)[O-])c1. The molecule has 1 heterocycles. The number of aryl methyl sites for hydroxylation is 1. The van der Waals surface area contributed by atoms with Crippen LogP contribution in [0.2, 0.25) is 0 Å². The Bertz CT molecular complexity index is 588. The van der Waals surface area contributed by atoms with E-state index in [-0.39, 0.29) is 17.4 Å². The van der Waals surface area contributed by atoms with Crippen molar-refractivity contribution in [2.24, 2.45) is 0 Å². The largest absolute Gasteiger partial charge is 0.460 e. The standard InChI is InChI=1S/C12H15BrN2O5/c1-12(2,3)20-10(16)4-5-14-6-8(13)11(17)9(7-14)15(18)19/h6-7H,4-5H2,1-3H3. The zero-order valence-electron chi connectivity index (χ0n) is 11.4. The zero-order valence-corrected chi connectivity index (χ0v) is 13.0. The summed E-state index contributed by atoms with van der Waals surface area (Å²) in [6.45, 7) is 5.46. The Kier molecular flexibility index (Phi) is 5.04. The summed E-state index contributed by atoms with van der Waals surface area (Å²) < 4.78 is 6.62. The van der Waals surface area contributed by atoms with Gasteiger partial charge in [-0.25, -0.2) is 0 Å². The Morgan fingerprint density at radius 1 is 1.45 bits per heavy atom. The smallest absolute Gasteiger partial charge is 0.333 e. The lowest BCUT2D eigenvalue weighted by molar-refractivity contribution is -0.386. The number of hydrogen-bond acceptors (Lipinski definition) is 5. The fraction of sp³-hybridized carbons (Fsp3) is 0.500. The van der Waals surface area contributed by atoms with Crippen molar-refractivity contribution in [3.05, 3.63) is 37.2 Å². The molecule has 1 aromatic heterocycles. The summed E-state index contributed by atoms with van der Waals surface area (Å²) in [6.07, 6.45) is 2.57. The number of rotatable bonds is 4. The minimum Gasteiger partial charge on any atom is -0.460 e. The van der Waals surface area contributed by atoms with E-state index in [1.165, 1.54) is 10.8 Å². The molecule has 0 saturated heterocycles. The Morgan fingerprint density at radius 2 is 2.05 bits per heavy atom. The molecule has 110 valence electrons. The van der Waals surface area contributed by atoms with Crippen molar-refractivity contribution in [3.63, 3.8) is 0 Å². The van der Waals surface area contributed by atoms with Gasteiger partial charge >= 0.3 is 11.7 Å². The van der Waals surface area contributed by atoms with Gasteiger partial charge in [0.15, 0.2) is 0 Å². The van der Waals surface area contributed by atoms with E-state index in [0.717, 1.165) is 6.20 Å². The maximum absolute atomic E-state index is 11.6. The van der Waals surface area contributed by atoms with Crippen LogP contribution in [0, 0.1) is 10.1 Å². The van der Waals surface area contributed by atoms with E-state index in [9.17, 15) is 19.7 Å². The fourth-order valence-corrected chi connectivity index (χ4v) is 1.92. The second-order valence-electron chi connectivity index (χ2n) is 5.15. The predicted octanol–water partition coefficient (Wildman–Crippen LogP) is 2.25. The molecule has 0 aliphatic rings. The molecule has 0 unspecified atom stereocenters. The van der Waals surface area contributed by atoms with Crippen LogP contribution in [-0.2, 0) is 16.1 Å². The van der Waals surface area contributed by atoms with E-state index in [0.29, 0.717) is 0 Å². The van der Waals surface area contributed by atoms with Crippen LogP contribution in [0.15, 0.2) is 21.7 Å².